The van der Waals surface area contributed by atoms with E-state index in [2.05, 4.69) is 5.92 Å². The Labute approximate surface area is 156 Å². The molecule has 4 rings (SSSR count). The third kappa shape index (κ3) is 2.04. The van der Waals surface area contributed by atoms with Crippen LogP contribution in [0.2, 0.25) is 0 Å². The summed E-state index contributed by atoms with van der Waals surface area (Å²) >= 11 is 0. The van der Waals surface area contributed by atoms with E-state index in [0.717, 1.165) is 0 Å². The first-order valence-electron chi connectivity index (χ1n) is 11.5. The van der Waals surface area contributed by atoms with Crippen molar-refractivity contribution in [3.63, 3.8) is 0 Å². The Morgan fingerprint density at radius 3 is 2.92 bits per heavy atom. The molecule has 3 fully saturated rings. The summed E-state index contributed by atoms with van der Waals surface area (Å²) in [6.07, 6.45) is 6.24. The Bertz CT molecular complexity index is 845. The maximum Gasteiger partial charge on any atom is 0.155 e. The molecule has 4 aliphatic carbocycles. The molecule has 4 aliphatic rings. The molecule has 4 heteroatoms. The number of carbonyl (C=O) groups excluding carboxylic acids is 1. The van der Waals surface area contributed by atoms with Gasteiger partial charge in [0.2, 0.25) is 0 Å². The molecular weight excluding hydrogens is 316 g/mol. The summed E-state index contributed by atoms with van der Waals surface area (Å²) in [5.74, 6) is -0.0866. The summed E-state index contributed by atoms with van der Waals surface area (Å²) < 4.78 is 41.6. The van der Waals surface area contributed by atoms with Gasteiger partial charge in [0.1, 0.15) is 11.2 Å². The summed E-state index contributed by atoms with van der Waals surface area (Å²) in [6.45, 7) is -0.592. The number of hydrogen-bond donors (Lipinski definition) is 2. The van der Waals surface area contributed by atoms with Crippen molar-refractivity contribution in [3.8, 4) is 12.3 Å². The van der Waals surface area contributed by atoms with Crippen LogP contribution in [-0.2, 0) is 9.68 Å². The van der Waals surface area contributed by atoms with Crippen molar-refractivity contribution in [2.24, 2.45) is 29.1 Å². The zero-order valence-electron chi connectivity index (χ0n) is 19.4. The van der Waals surface area contributed by atoms with Crippen LogP contribution in [0.5, 0.6) is 0 Å². The zero-order valence-corrected chi connectivity index (χ0v) is 14.4. The molecule has 3 saturated carbocycles. The SMILES string of the molecule is [2H]C([2H])([2H])[C@@H]1CC2=CC(=O)CC[C@]2(OO)C2CC[C@@]3(C)C(CC([2H])([2H])[C@@]3(O)C#C)C21. The fourth-order valence-electron chi connectivity index (χ4n) is 6.19. The maximum absolute atomic E-state index is 12.1. The summed E-state index contributed by atoms with van der Waals surface area (Å²) in [6, 6.07) is 0. The number of fused-ring (bicyclic) bond motifs is 5. The third-order valence-corrected chi connectivity index (χ3v) is 7.62. The lowest BCUT2D eigenvalue weighted by atomic mass is 9.47. The van der Waals surface area contributed by atoms with Crippen LogP contribution in [0.25, 0.3) is 0 Å². The maximum atomic E-state index is 12.1. The lowest BCUT2D eigenvalue weighted by Crippen LogP contribution is -2.60. The van der Waals surface area contributed by atoms with Gasteiger partial charge in [0, 0.05) is 18.7 Å². The van der Waals surface area contributed by atoms with E-state index < -0.39 is 53.5 Å². The van der Waals surface area contributed by atoms with Crippen molar-refractivity contribution in [1.82, 2.24) is 0 Å². The fourth-order valence-corrected chi connectivity index (χ4v) is 6.19. The van der Waals surface area contributed by atoms with Gasteiger partial charge >= 0.3 is 0 Å². The minimum absolute atomic E-state index is 0.0581. The van der Waals surface area contributed by atoms with E-state index >= 15 is 0 Å². The predicted molar refractivity (Wildman–Crippen MR) is 93.4 cm³/mol. The molecule has 3 unspecified atom stereocenters. The molecule has 2 N–H and O–H groups in total. The van der Waals surface area contributed by atoms with Crippen LogP contribution in [0, 0.1) is 41.4 Å². The van der Waals surface area contributed by atoms with E-state index in [-0.39, 0.29) is 31.5 Å². The molecule has 0 aromatic rings. The average Bonchev–Trinajstić information content (AvgIpc) is 2.83. The molecule has 4 nitrogen and oxygen atoms in total. The lowest BCUT2D eigenvalue weighted by molar-refractivity contribution is -0.344. The van der Waals surface area contributed by atoms with Crippen molar-refractivity contribution in [1.29, 1.82) is 0 Å². The van der Waals surface area contributed by atoms with Gasteiger partial charge in [-0.05, 0) is 73.8 Å². The molecule has 0 amide bonds. The van der Waals surface area contributed by atoms with Crippen LogP contribution in [0.15, 0.2) is 11.6 Å². The van der Waals surface area contributed by atoms with Crippen LogP contribution in [0.1, 0.15) is 65.5 Å². The standard InChI is InChI=1S/C21H28O4/c1-4-20(23)9-7-16-18-13(2)11-14-12-15(22)5-10-21(14,25-24)17(18)6-8-19(16,20)3/h1,12-13,16-18,23-24H,5-11H2,2-3H3/t13-,16?,17?,18?,19+,20+,21-/m1/s1/i2D3,9D2. The number of ketones is 1. The van der Waals surface area contributed by atoms with Gasteiger partial charge in [0.05, 0.1) is 0 Å². The molecular formula is C21H28O4. The van der Waals surface area contributed by atoms with E-state index in [9.17, 15) is 15.2 Å². The monoisotopic (exact) mass is 349 g/mol. The van der Waals surface area contributed by atoms with Gasteiger partial charge in [0.25, 0.3) is 0 Å². The van der Waals surface area contributed by atoms with E-state index in [1.165, 1.54) is 6.08 Å². The van der Waals surface area contributed by atoms with E-state index in [4.69, 9.17) is 18.2 Å². The summed E-state index contributed by atoms with van der Waals surface area (Å²) in [5, 5.41) is 21.3. The van der Waals surface area contributed by atoms with Crippen LogP contribution < -0.4 is 0 Å². The minimum Gasteiger partial charge on any atom is -0.377 e. The molecule has 0 heterocycles. The van der Waals surface area contributed by atoms with E-state index in [1.54, 1.807) is 6.92 Å². The van der Waals surface area contributed by atoms with Crippen LogP contribution >= 0.6 is 0 Å². The predicted octanol–water partition coefficient (Wildman–Crippen LogP) is 3.35. The third-order valence-electron chi connectivity index (χ3n) is 7.62. The Kier molecular flexibility index (Phi) is 2.66. The van der Waals surface area contributed by atoms with Gasteiger partial charge in [-0.3, -0.25) is 10.1 Å². The van der Waals surface area contributed by atoms with Crippen molar-refractivity contribution in [3.05, 3.63) is 11.6 Å². The normalized spacial score (nSPS) is 57.3. The smallest absolute Gasteiger partial charge is 0.155 e. The van der Waals surface area contributed by atoms with Crippen molar-refractivity contribution in [2.45, 2.75) is 69.9 Å². The van der Waals surface area contributed by atoms with Crippen molar-refractivity contribution in [2.75, 3.05) is 0 Å². The number of hydrogen-bond acceptors (Lipinski definition) is 4. The fraction of sp³-hybridized carbons (Fsp3) is 0.762. The van der Waals surface area contributed by atoms with Gasteiger partial charge in [-0.2, -0.15) is 0 Å². The molecule has 0 spiro atoms. The van der Waals surface area contributed by atoms with Crippen LogP contribution in [-0.4, -0.2) is 27.3 Å². The van der Waals surface area contributed by atoms with Crippen molar-refractivity contribution >= 4 is 5.78 Å². The van der Waals surface area contributed by atoms with Crippen molar-refractivity contribution < 1.29 is 26.9 Å². The van der Waals surface area contributed by atoms with E-state index in [0.29, 0.717) is 18.4 Å². The largest absolute Gasteiger partial charge is 0.377 e. The highest BCUT2D eigenvalue weighted by Gasteiger charge is 2.66. The first-order valence-corrected chi connectivity index (χ1v) is 9.04. The number of carbonyl (C=O) groups is 1. The highest BCUT2D eigenvalue weighted by Crippen LogP contribution is 2.67. The molecule has 0 bridgehead atoms. The quantitative estimate of drug-likeness (QED) is 0.433. The summed E-state index contributed by atoms with van der Waals surface area (Å²) in [4.78, 5) is 17.1. The molecule has 7 atom stereocenters. The number of rotatable bonds is 1. The second kappa shape index (κ2) is 5.42. The highest BCUT2D eigenvalue weighted by atomic mass is 17.1. The zero-order chi connectivity index (χ0) is 22.3. The van der Waals surface area contributed by atoms with E-state index in [1.807, 2.05) is 0 Å². The second-order valence-electron chi connectivity index (χ2n) is 8.41. The minimum atomic E-state index is -2.35. The second-order valence-corrected chi connectivity index (χ2v) is 8.41. The molecule has 0 saturated heterocycles. The van der Waals surface area contributed by atoms with Crippen LogP contribution in [0.4, 0.5) is 0 Å². The molecule has 136 valence electrons. The highest BCUT2D eigenvalue weighted by molar-refractivity contribution is 5.92. The van der Waals surface area contributed by atoms with Gasteiger partial charge in [-0.1, -0.05) is 19.7 Å². The molecule has 0 radical (unpaired) electrons. The van der Waals surface area contributed by atoms with Crippen LogP contribution in [0.3, 0.4) is 0 Å². The first kappa shape index (κ1) is 12.3. The number of aliphatic hydroxyl groups is 1. The molecule has 25 heavy (non-hydrogen) atoms. The first-order chi connectivity index (χ1) is 13.8. The lowest BCUT2D eigenvalue weighted by Gasteiger charge is -2.59. The summed E-state index contributed by atoms with van der Waals surface area (Å²) in [5.41, 5.74) is -3.65. The van der Waals surface area contributed by atoms with Gasteiger partial charge in [-0.25, -0.2) is 4.89 Å². The molecule has 0 aromatic heterocycles. The molecule has 0 aliphatic heterocycles. The Morgan fingerprint density at radius 2 is 2.24 bits per heavy atom. The topological polar surface area (TPSA) is 66.8 Å². The Hall–Kier alpha value is -1.15. The van der Waals surface area contributed by atoms with Gasteiger partial charge in [0.15, 0.2) is 5.78 Å². The van der Waals surface area contributed by atoms with Gasteiger partial charge < -0.3 is 5.11 Å². The Balaban J connectivity index is 1.89. The number of terminal acetylenes is 1. The Morgan fingerprint density at radius 1 is 1.44 bits per heavy atom. The average molecular weight is 349 g/mol. The summed E-state index contributed by atoms with van der Waals surface area (Å²) in [7, 11) is 0. The molecule has 0 aromatic carbocycles. The van der Waals surface area contributed by atoms with Gasteiger partial charge in [-0.15, -0.1) is 6.42 Å².